The van der Waals surface area contributed by atoms with Crippen LogP contribution in [0.25, 0.3) is 0 Å². The van der Waals surface area contributed by atoms with Crippen LogP contribution in [0.2, 0.25) is 0 Å². The van der Waals surface area contributed by atoms with E-state index in [1.165, 1.54) is 0 Å². The van der Waals surface area contributed by atoms with Crippen LogP contribution in [0.3, 0.4) is 0 Å². The second-order valence-electron chi connectivity index (χ2n) is 9.38. The van der Waals surface area contributed by atoms with Crippen LogP contribution in [0.5, 0.6) is 0 Å². The van der Waals surface area contributed by atoms with Crippen molar-refractivity contribution in [3.05, 3.63) is 59.7 Å². The highest BCUT2D eigenvalue weighted by atomic mass is 19.1. The molecule has 0 bridgehead atoms. The first-order valence-electron chi connectivity index (χ1n) is 10.8. The Morgan fingerprint density at radius 2 is 1.64 bits per heavy atom. The molecule has 2 atom stereocenters. The number of amides is 2. The van der Waals surface area contributed by atoms with Gasteiger partial charge in [0.1, 0.15) is 17.9 Å². The number of ether oxygens (including phenoxy) is 2. The Balaban J connectivity index is 1.31. The van der Waals surface area contributed by atoms with Crippen molar-refractivity contribution in [3.8, 4) is 0 Å². The van der Waals surface area contributed by atoms with Crippen LogP contribution in [0.1, 0.15) is 26.3 Å². The van der Waals surface area contributed by atoms with E-state index in [1.54, 1.807) is 37.8 Å². The maximum absolute atomic E-state index is 14.7. The molecule has 1 saturated heterocycles. The molecule has 4 rings (SSSR count). The van der Waals surface area contributed by atoms with Gasteiger partial charge in [0, 0.05) is 36.7 Å². The van der Waals surface area contributed by atoms with E-state index in [2.05, 4.69) is 10.6 Å². The number of fused-ring (bicyclic) bond motifs is 1. The summed E-state index contributed by atoms with van der Waals surface area (Å²) in [4.78, 5) is 25.5. The molecule has 1 heterocycles. The van der Waals surface area contributed by atoms with E-state index in [1.807, 2.05) is 18.2 Å². The molecule has 2 unspecified atom stereocenters. The van der Waals surface area contributed by atoms with Gasteiger partial charge in [-0.25, -0.2) is 18.4 Å². The molecule has 7 nitrogen and oxygen atoms in total. The molecule has 2 aromatic rings. The summed E-state index contributed by atoms with van der Waals surface area (Å²) in [5.41, 5.74) is 0.0466. The van der Waals surface area contributed by atoms with Gasteiger partial charge in [-0.05, 0) is 38.5 Å². The topological polar surface area (TPSA) is 79.9 Å². The summed E-state index contributed by atoms with van der Waals surface area (Å²) in [5.74, 6) is -1.32. The van der Waals surface area contributed by atoms with Crippen molar-refractivity contribution in [1.29, 1.82) is 0 Å². The van der Waals surface area contributed by atoms with E-state index < -0.39 is 29.4 Å². The Bertz CT molecular complexity index is 1010. The highest BCUT2D eigenvalue weighted by Crippen LogP contribution is 2.48. The minimum atomic E-state index is -0.802. The average Bonchev–Trinajstić information content (AvgIpc) is 3.14. The molecule has 1 saturated carbocycles. The summed E-state index contributed by atoms with van der Waals surface area (Å²) in [7, 11) is 0. The van der Waals surface area contributed by atoms with Crippen LogP contribution in [-0.4, -0.2) is 36.9 Å². The molecular formula is C24H27F2N3O4. The Hall–Kier alpha value is -3.36. The van der Waals surface area contributed by atoms with Crippen molar-refractivity contribution in [2.24, 2.45) is 11.8 Å². The molecule has 0 spiro atoms. The van der Waals surface area contributed by atoms with Gasteiger partial charge in [-0.1, -0.05) is 30.3 Å². The average molecular weight is 459 g/mol. The lowest BCUT2D eigenvalue weighted by atomic mass is 10.2. The summed E-state index contributed by atoms with van der Waals surface area (Å²) in [6.45, 7) is 6.25. The minimum Gasteiger partial charge on any atom is -0.444 e. The van der Waals surface area contributed by atoms with Crippen LogP contribution in [0, 0.1) is 23.5 Å². The number of hydrogen-bond donors (Lipinski definition) is 2. The van der Waals surface area contributed by atoms with Crippen LogP contribution in [0.4, 0.5) is 29.7 Å². The number of alkyl carbamates (subject to hydrolysis) is 1. The zero-order valence-electron chi connectivity index (χ0n) is 18.7. The van der Waals surface area contributed by atoms with Gasteiger partial charge in [-0.3, -0.25) is 5.32 Å². The zero-order valence-corrected chi connectivity index (χ0v) is 18.7. The third kappa shape index (κ3) is 5.53. The molecule has 2 N–H and O–H groups in total. The number of benzene rings is 2. The lowest BCUT2D eigenvalue weighted by Gasteiger charge is -2.24. The van der Waals surface area contributed by atoms with Gasteiger partial charge >= 0.3 is 12.2 Å². The van der Waals surface area contributed by atoms with E-state index in [4.69, 9.17) is 9.47 Å². The van der Waals surface area contributed by atoms with Gasteiger partial charge in [-0.15, -0.1) is 0 Å². The number of nitrogens with zero attached hydrogens (tertiary/aromatic N) is 1. The Kier molecular flexibility index (Phi) is 6.14. The second kappa shape index (κ2) is 8.88. The first-order chi connectivity index (χ1) is 15.6. The van der Waals surface area contributed by atoms with Gasteiger partial charge in [0.2, 0.25) is 0 Å². The lowest BCUT2D eigenvalue weighted by Crippen LogP contribution is -2.38. The number of nitrogens with one attached hydrogen (secondary N) is 2. The van der Waals surface area contributed by atoms with Gasteiger partial charge < -0.3 is 19.7 Å². The minimum absolute atomic E-state index is 0.0272. The number of anilines is 2. The van der Waals surface area contributed by atoms with Crippen LogP contribution in [0.15, 0.2) is 42.5 Å². The third-order valence-corrected chi connectivity index (χ3v) is 5.67. The van der Waals surface area contributed by atoms with Gasteiger partial charge in [0.25, 0.3) is 0 Å². The van der Waals surface area contributed by atoms with Gasteiger partial charge in [-0.2, -0.15) is 0 Å². The molecule has 0 aromatic heterocycles. The summed E-state index contributed by atoms with van der Waals surface area (Å²) < 4.78 is 39.8. The van der Waals surface area contributed by atoms with Gasteiger partial charge in [0.15, 0.2) is 11.6 Å². The fraction of sp³-hybridized carbons (Fsp3) is 0.417. The molecule has 2 fully saturated rings. The molecule has 176 valence electrons. The molecule has 1 aliphatic carbocycles. The van der Waals surface area contributed by atoms with Crippen LogP contribution < -0.4 is 15.5 Å². The zero-order chi connectivity index (χ0) is 23.8. The largest absolute Gasteiger partial charge is 0.444 e. The molecule has 33 heavy (non-hydrogen) atoms. The summed E-state index contributed by atoms with van der Waals surface area (Å²) in [5, 5.41) is 5.19. The fourth-order valence-corrected chi connectivity index (χ4v) is 4.18. The van der Waals surface area contributed by atoms with Crippen molar-refractivity contribution in [3.63, 3.8) is 0 Å². The van der Waals surface area contributed by atoms with Crippen molar-refractivity contribution in [1.82, 2.24) is 5.32 Å². The summed E-state index contributed by atoms with van der Waals surface area (Å²) in [6.07, 6.45) is -1.29. The monoisotopic (exact) mass is 459 g/mol. The van der Waals surface area contributed by atoms with E-state index in [9.17, 15) is 18.4 Å². The summed E-state index contributed by atoms with van der Waals surface area (Å²) >= 11 is 0. The number of halogens is 2. The predicted octanol–water partition coefficient (Wildman–Crippen LogP) is 4.67. The molecule has 2 amide bonds. The van der Waals surface area contributed by atoms with Crippen molar-refractivity contribution in [2.75, 3.05) is 23.3 Å². The number of hydrogen-bond acceptors (Lipinski definition) is 5. The highest BCUT2D eigenvalue weighted by molar-refractivity contribution is 5.85. The van der Waals surface area contributed by atoms with E-state index in [-0.39, 0.29) is 35.9 Å². The first kappa shape index (κ1) is 22.8. The highest BCUT2D eigenvalue weighted by Gasteiger charge is 2.57. The van der Waals surface area contributed by atoms with Crippen molar-refractivity contribution < 1.29 is 27.8 Å². The normalized spacial score (nSPS) is 21.2. The number of carbonyl (C=O) groups is 2. The number of carbonyl (C=O) groups excluding carboxylic acids is 2. The third-order valence-electron chi connectivity index (χ3n) is 5.67. The maximum atomic E-state index is 14.7. The van der Waals surface area contributed by atoms with Crippen molar-refractivity contribution >= 4 is 23.6 Å². The second-order valence-corrected chi connectivity index (χ2v) is 9.38. The van der Waals surface area contributed by atoms with Crippen molar-refractivity contribution in [2.45, 2.75) is 39.0 Å². The lowest BCUT2D eigenvalue weighted by molar-refractivity contribution is 0.0518. The molecular weight excluding hydrogens is 432 g/mol. The van der Waals surface area contributed by atoms with E-state index in [0.29, 0.717) is 13.1 Å². The first-order valence-corrected chi connectivity index (χ1v) is 10.8. The molecule has 0 radical (unpaired) electrons. The summed E-state index contributed by atoms with van der Waals surface area (Å²) in [6, 6.07) is 11.2. The Morgan fingerprint density at radius 3 is 2.21 bits per heavy atom. The van der Waals surface area contributed by atoms with Crippen LogP contribution >= 0.6 is 0 Å². The fourth-order valence-electron chi connectivity index (χ4n) is 4.18. The van der Waals surface area contributed by atoms with E-state index >= 15 is 0 Å². The Labute approximate surface area is 191 Å². The standard InChI is InChI=1S/C24H27F2N3O4/c1-24(2,3)33-23(31)28-20-16-11-29(12-17(16)20)21-18(25)9-15(10-19(21)26)27-22(30)32-13-14-7-5-4-6-8-14/h4-10,16-17,20H,11-13H2,1-3H3,(H,27,30)(H,28,31). The quantitative estimate of drug-likeness (QED) is 0.679. The molecule has 1 aliphatic heterocycles. The van der Waals surface area contributed by atoms with Crippen LogP contribution in [-0.2, 0) is 16.1 Å². The van der Waals surface area contributed by atoms with E-state index in [0.717, 1.165) is 17.7 Å². The molecule has 9 heteroatoms. The SMILES string of the molecule is CC(C)(C)OC(=O)NC1C2CN(c3c(F)cc(NC(=O)OCc4ccccc4)cc3F)CC21. The Morgan fingerprint density at radius 1 is 1.03 bits per heavy atom. The predicted molar refractivity (Wildman–Crippen MR) is 119 cm³/mol. The molecule has 2 aliphatic rings. The maximum Gasteiger partial charge on any atom is 0.411 e. The smallest absolute Gasteiger partial charge is 0.411 e. The number of piperidine rings is 1. The number of rotatable bonds is 5. The van der Waals surface area contributed by atoms with Gasteiger partial charge in [0.05, 0.1) is 0 Å². The molecule has 2 aromatic carbocycles.